The van der Waals surface area contributed by atoms with Crippen LogP contribution in [0.15, 0.2) is 30.3 Å². The highest BCUT2D eigenvalue weighted by molar-refractivity contribution is 5.73. The third kappa shape index (κ3) is 5.42. The Kier molecular flexibility index (Phi) is 6.29. The van der Waals surface area contributed by atoms with Gasteiger partial charge in [0, 0.05) is 32.2 Å². The zero-order chi connectivity index (χ0) is 17.5. The lowest BCUT2D eigenvalue weighted by atomic mass is 10.0. The van der Waals surface area contributed by atoms with Crippen LogP contribution in [0.2, 0.25) is 0 Å². The second kappa shape index (κ2) is 8.65. The van der Waals surface area contributed by atoms with E-state index in [-0.39, 0.29) is 12.6 Å². The zero-order valence-electron chi connectivity index (χ0n) is 14.7. The topological polar surface area (TPSA) is 73.8 Å². The van der Waals surface area contributed by atoms with Crippen LogP contribution in [-0.4, -0.2) is 60.5 Å². The van der Waals surface area contributed by atoms with Crippen LogP contribution >= 0.6 is 0 Å². The summed E-state index contributed by atoms with van der Waals surface area (Å²) < 4.78 is 5.19. The van der Waals surface area contributed by atoms with Crippen molar-refractivity contribution in [2.45, 2.75) is 43.9 Å². The molecule has 0 saturated carbocycles. The summed E-state index contributed by atoms with van der Waals surface area (Å²) >= 11 is 0. The van der Waals surface area contributed by atoms with Crippen LogP contribution < -0.4 is 10.6 Å². The van der Waals surface area contributed by atoms with Crippen molar-refractivity contribution in [3.8, 4) is 0 Å². The predicted molar refractivity (Wildman–Crippen MR) is 96.3 cm³/mol. The number of amides is 2. The second-order valence-electron chi connectivity index (χ2n) is 7.20. The largest absolute Gasteiger partial charge is 0.386 e. The van der Waals surface area contributed by atoms with Crippen LogP contribution in [-0.2, 0) is 11.3 Å². The summed E-state index contributed by atoms with van der Waals surface area (Å²) in [6, 6.07) is 10.6. The lowest BCUT2D eigenvalue weighted by molar-refractivity contribution is 0.0291. The molecule has 6 nitrogen and oxygen atoms in total. The zero-order valence-corrected chi connectivity index (χ0v) is 14.7. The maximum Gasteiger partial charge on any atom is 0.314 e. The molecule has 3 rings (SSSR count). The minimum Gasteiger partial charge on any atom is -0.386 e. The molecule has 138 valence electrons. The fourth-order valence-electron chi connectivity index (χ4n) is 3.57. The van der Waals surface area contributed by atoms with Gasteiger partial charge in [0.05, 0.1) is 13.2 Å². The molecule has 3 N–H and O–H groups in total. The number of ether oxygens (including phenoxy) is 1. The van der Waals surface area contributed by atoms with E-state index < -0.39 is 5.60 Å². The Bertz CT molecular complexity index is 546. The van der Waals surface area contributed by atoms with Gasteiger partial charge in [0.15, 0.2) is 0 Å². The molecule has 6 heteroatoms. The Labute approximate surface area is 149 Å². The highest BCUT2D eigenvalue weighted by atomic mass is 16.5. The first kappa shape index (κ1) is 18.2. The van der Waals surface area contributed by atoms with Crippen LogP contribution in [0.5, 0.6) is 0 Å². The minimum absolute atomic E-state index is 0.217. The first-order valence-corrected chi connectivity index (χ1v) is 9.24. The van der Waals surface area contributed by atoms with Crippen molar-refractivity contribution >= 4 is 6.03 Å². The van der Waals surface area contributed by atoms with E-state index in [4.69, 9.17) is 4.74 Å². The molecule has 0 spiro atoms. The van der Waals surface area contributed by atoms with Crippen molar-refractivity contribution in [1.82, 2.24) is 15.5 Å². The number of piperidine rings is 1. The van der Waals surface area contributed by atoms with Gasteiger partial charge in [0.2, 0.25) is 0 Å². The summed E-state index contributed by atoms with van der Waals surface area (Å²) in [6.45, 7) is 3.70. The number of carbonyl (C=O) groups excluding carboxylic acids is 1. The molecule has 0 aliphatic carbocycles. The molecule has 2 aliphatic rings. The lowest BCUT2D eigenvalue weighted by Gasteiger charge is -2.36. The van der Waals surface area contributed by atoms with Crippen molar-refractivity contribution in [1.29, 1.82) is 0 Å². The number of carbonyl (C=O) groups is 1. The number of rotatable bonds is 6. The Balaban J connectivity index is 1.44. The normalized spacial score (nSPS) is 27.2. The van der Waals surface area contributed by atoms with Gasteiger partial charge >= 0.3 is 6.03 Å². The maximum atomic E-state index is 12.1. The van der Waals surface area contributed by atoms with Crippen molar-refractivity contribution in [3.05, 3.63) is 35.9 Å². The Morgan fingerprint density at radius 2 is 2.12 bits per heavy atom. The molecule has 0 unspecified atom stereocenters. The van der Waals surface area contributed by atoms with E-state index in [0.717, 1.165) is 19.5 Å². The number of nitrogens with one attached hydrogen (secondary N) is 2. The molecule has 2 saturated heterocycles. The minimum atomic E-state index is -0.915. The number of urea groups is 1. The average Bonchev–Trinajstić information content (AvgIpc) is 3.07. The summed E-state index contributed by atoms with van der Waals surface area (Å²) in [5, 5.41) is 15.9. The second-order valence-corrected chi connectivity index (χ2v) is 7.20. The summed E-state index contributed by atoms with van der Waals surface area (Å²) in [6.07, 6.45) is 4.09. The Morgan fingerprint density at radius 3 is 2.88 bits per heavy atom. The lowest BCUT2D eigenvalue weighted by Crippen LogP contribution is -2.51. The average molecular weight is 347 g/mol. The van der Waals surface area contributed by atoms with E-state index in [1.54, 1.807) is 0 Å². The first-order valence-electron chi connectivity index (χ1n) is 9.24. The molecule has 0 bridgehead atoms. The van der Waals surface area contributed by atoms with Gasteiger partial charge in [-0.05, 0) is 24.9 Å². The fourth-order valence-corrected chi connectivity index (χ4v) is 3.57. The van der Waals surface area contributed by atoms with E-state index in [1.165, 1.54) is 18.4 Å². The molecule has 1 aromatic rings. The first-order chi connectivity index (χ1) is 12.1. The van der Waals surface area contributed by atoms with Crippen LogP contribution in [0.3, 0.4) is 0 Å². The molecule has 25 heavy (non-hydrogen) atoms. The van der Waals surface area contributed by atoms with Gasteiger partial charge in [-0.1, -0.05) is 36.8 Å². The molecule has 0 radical (unpaired) electrons. The molecule has 0 aromatic heterocycles. The standard InChI is InChI=1S/C19H29N3O3/c23-18(21-14-19(24)9-11-25-15-19)20-12-17-8-4-5-10-22(17)13-16-6-2-1-3-7-16/h1-3,6-7,17,24H,4-5,8-15H2,(H2,20,21,23)/t17-,19+/m0/s1. The van der Waals surface area contributed by atoms with E-state index in [0.29, 0.717) is 32.2 Å². The van der Waals surface area contributed by atoms with E-state index in [9.17, 15) is 9.90 Å². The van der Waals surface area contributed by atoms with Crippen LogP contribution in [0.1, 0.15) is 31.2 Å². The van der Waals surface area contributed by atoms with Gasteiger partial charge in [-0.2, -0.15) is 0 Å². The van der Waals surface area contributed by atoms with E-state index in [2.05, 4.69) is 39.8 Å². The van der Waals surface area contributed by atoms with Gasteiger partial charge < -0.3 is 20.5 Å². The van der Waals surface area contributed by atoms with Gasteiger partial charge in [-0.15, -0.1) is 0 Å². The number of likely N-dealkylation sites (tertiary alicyclic amines) is 1. The van der Waals surface area contributed by atoms with E-state index in [1.807, 2.05) is 6.07 Å². The monoisotopic (exact) mass is 347 g/mol. The van der Waals surface area contributed by atoms with Gasteiger partial charge in [-0.25, -0.2) is 4.79 Å². The maximum absolute atomic E-state index is 12.1. The summed E-state index contributed by atoms with van der Waals surface area (Å²) in [4.78, 5) is 14.5. The molecule has 2 fully saturated rings. The molecule has 2 aliphatic heterocycles. The van der Waals surface area contributed by atoms with Gasteiger partial charge in [0.1, 0.15) is 5.60 Å². The van der Waals surface area contributed by atoms with Crippen molar-refractivity contribution in [2.24, 2.45) is 0 Å². The summed E-state index contributed by atoms with van der Waals surface area (Å²) in [5.74, 6) is 0. The number of benzene rings is 1. The Morgan fingerprint density at radius 1 is 1.28 bits per heavy atom. The van der Waals surface area contributed by atoms with Crippen LogP contribution in [0, 0.1) is 0 Å². The third-order valence-electron chi connectivity index (χ3n) is 5.14. The van der Waals surface area contributed by atoms with Crippen molar-refractivity contribution < 1.29 is 14.6 Å². The Hall–Kier alpha value is -1.63. The highest BCUT2D eigenvalue weighted by Crippen LogP contribution is 2.19. The third-order valence-corrected chi connectivity index (χ3v) is 5.14. The number of hydrogen-bond donors (Lipinski definition) is 3. The van der Waals surface area contributed by atoms with Crippen LogP contribution in [0.4, 0.5) is 4.79 Å². The van der Waals surface area contributed by atoms with Gasteiger partial charge in [0.25, 0.3) is 0 Å². The number of aliphatic hydroxyl groups is 1. The predicted octanol–water partition coefficient (Wildman–Crippen LogP) is 1.49. The smallest absolute Gasteiger partial charge is 0.314 e. The molecular formula is C19H29N3O3. The molecule has 1 aromatic carbocycles. The molecule has 2 heterocycles. The molecule has 2 amide bonds. The molecule has 2 atom stereocenters. The van der Waals surface area contributed by atoms with Crippen LogP contribution in [0.25, 0.3) is 0 Å². The number of hydrogen-bond acceptors (Lipinski definition) is 4. The summed E-state index contributed by atoms with van der Waals surface area (Å²) in [5.41, 5.74) is 0.393. The quantitative estimate of drug-likeness (QED) is 0.729. The van der Waals surface area contributed by atoms with Crippen molar-refractivity contribution in [2.75, 3.05) is 32.8 Å². The summed E-state index contributed by atoms with van der Waals surface area (Å²) in [7, 11) is 0. The number of nitrogens with zero attached hydrogens (tertiary/aromatic N) is 1. The SMILES string of the molecule is O=C(NC[C@@H]1CCCCN1Cc1ccccc1)NC[C@]1(O)CCOC1. The van der Waals surface area contributed by atoms with Gasteiger partial charge in [-0.3, -0.25) is 4.90 Å². The molecular weight excluding hydrogens is 318 g/mol. The van der Waals surface area contributed by atoms with E-state index >= 15 is 0 Å². The highest BCUT2D eigenvalue weighted by Gasteiger charge is 2.32. The fraction of sp³-hybridized carbons (Fsp3) is 0.632. The van der Waals surface area contributed by atoms with Crippen molar-refractivity contribution in [3.63, 3.8) is 0 Å².